The molecule has 0 bridgehead atoms. The van der Waals surface area contributed by atoms with E-state index in [2.05, 4.69) is 25.7 Å². The van der Waals surface area contributed by atoms with Gasteiger partial charge in [-0.3, -0.25) is 4.79 Å². The van der Waals surface area contributed by atoms with Crippen LogP contribution >= 0.6 is 0 Å². The molecule has 0 N–H and O–H groups in total. The Morgan fingerprint density at radius 1 is 1.38 bits per heavy atom. The number of hydrogen-bond donors (Lipinski definition) is 0. The first kappa shape index (κ1) is 13.5. The minimum Gasteiger partial charge on any atom is -0.300 e. The Balaban J connectivity index is 0.000000226. The van der Waals surface area contributed by atoms with Gasteiger partial charge in [0.15, 0.2) is 0 Å². The van der Waals surface area contributed by atoms with Gasteiger partial charge < -0.3 is 0 Å². The van der Waals surface area contributed by atoms with Gasteiger partial charge in [0.25, 0.3) is 0 Å². The van der Waals surface area contributed by atoms with Gasteiger partial charge in [0.1, 0.15) is 5.78 Å². The van der Waals surface area contributed by atoms with Crippen LogP contribution in [0.15, 0.2) is 12.3 Å². The van der Waals surface area contributed by atoms with Crippen molar-refractivity contribution >= 4 is 23.3 Å². The summed E-state index contributed by atoms with van der Waals surface area (Å²) < 4.78 is 5.13. The maximum absolute atomic E-state index is 10.5. The first-order valence-corrected chi connectivity index (χ1v) is 11.8. The van der Waals surface area contributed by atoms with Crippen LogP contribution in [0, 0.1) is 0 Å². The topological polar surface area (TPSA) is 26.3 Å². The second kappa shape index (κ2) is 10.6. The van der Waals surface area contributed by atoms with Gasteiger partial charge in [-0.15, -0.1) is 0 Å². The number of rotatable bonds is 3. The number of carbonyl (C=O) groups is 1. The van der Waals surface area contributed by atoms with Crippen molar-refractivity contribution in [3.05, 3.63) is 12.3 Å². The van der Waals surface area contributed by atoms with Crippen LogP contribution in [-0.2, 0) is 28.0 Å². The monoisotopic (exact) mass is 396 g/mol. The van der Waals surface area contributed by atoms with Crippen LogP contribution in [0.2, 0.25) is 0 Å². The van der Waals surface area contributed by atoms with Crippen LogP contribution in [0.4, 0.5) is 0 Å². The Morgan fingerprint density at radius 3 is 2.23 bits per heavy atom. The molecule has 5 heteroatoms. The zero-order valence-corrected chi connectivity index (χ0v) is 13.0. The Labute approximate surface area is 95.5 Å². The predicted octanol–water partition coefficient (Wildman–Crippen LogP) is 0.295. The fourth-order valence-corrected chi connectivity index (χ4v) is 4.44. The molecule has 0 radical (unpaired) electrons. The van der Waals surface area contributed by atoms with E-state index in [9.17, 15) is 4.79 Å². The number of ketones is 1. The molecule has 0 aromatic carbocycles. The van der Waals surface area contributed by atoms with E-state index >= 15 is 0 Å². The van der Waals surface area contributed by atoms with E-state index in [1.54, 1.807) is 0 Å². The molecule has 1 saturated carbocycles. The summed E-state index contributed by atoms with van der Waals surface area (Å²) >= 11 is 2.30. The maximum Gasteiger partial charge on any atom is 0.132 e. The molecule has 0 heterocycles. The molecule has 2 nitrogen and oxygen atoms in total. The first-order valence-electron chi connectivity index (χ1n) is 4.53. The molecule has 0 aromatic rings. The normalized spacial score (nSPS) is 17.8. The van der Waals surface area contributed by atoms with E-state index < -0.39 is 0 Å². The predicted molar refractivity (Wildman–Crippen MR) is 56.5 cm³/mol. The van der Waals surface area contributed by atoms with Crippen LogP contribution in [-0.4, -0.2) is 23.3 Å². The van der Waals surface area contributed by atoms with Crippen LogP contribution in [0.25, 0.3) is 0 Å². The Bertz CT molecular complexity index is 145. The number of hydrogen-bond acceptors (Lipinski definition) is 2. The summed E-state index contributed by atoms with van der Waals surface area (Å²) in [6, 6.07) is 0. The third-order valence-corrected chi connectivity index (χ3v) is 7.58. The number of carbonyl (C=O) groups excluding carboxylic acids is 1. The largest absolute Gasteiger partial charge is 0.300 e. The van der Waals surface area contributed by atoms with Crippen molar-refractivity contribution < 1.29 is 28.0 Å². The molecule has 1 aliphatic rings. The molecule has 13 heavy (non-hydrogen) atoms. The van der Waals surface area contributed by atoms with Crippen molar-refractivity contribution in [1.82, 2.24) is 0 Å². The SMILES string of the molecule is C=C[SiH2]O[SiH2][Pt].O=C1CCCCC1. The third-order valence-electron chi connectivity index (χ3n) is 1.71. The summed E-state index contributed by atoms with van der Waals surface area (Å²) in [5.41, 5.74) is 1.91. The van der Waals surface area contributed by atoms with Gasteiger partial charge in [-0.25, -0.2) is 0 Å². The van der Waals surface area contributed by atoms with E-state index in [0.717, 1.165) is 25.7 Å². The van der Waals surface area contributed by atoms with Crippen LogP contribution in [0.5, 0.6) is 0 Å². The second-order valence-corrected chi connectivity index (χ2v) is 7.54. The molecule has 0 aromatic heterocycles. The molecule has 1 fully saturated rings. The average Bonchev–Trinajstić information content (AvgIpc) is 2.17. The van der Waals surface area contributed by atoms with Crippen molar-refractivity contribution in [2.75, 3.05) is 0 Å². The zero-order chi connectivity index (χ0) is 9.94. The minimum atomic E-state index is -0.260. The van der Waals surface area contributed by atoms with Gasteiger partial charge in [0, 0.05) is 12.8 Å². The maximum atomic E-state index is 10.5. The Hall–Kier alpha value is 0.492. The quantitative estimate of drug-likeness (QED) is 0.507. The van der Waals surface area contributed by atoms with Crippen molar-refractivity contribution in [1.29, 1.82) is 0 Å². The zero-order valence-electron chi connectivity index (χ0n) is 7.87. The summed E-state index contributed by atoms with van der Waals surface area (Å²) in [4.78, 5) is 10.5. The van der Waals surface area contributed by atoms with Gasteiger partial charge in [-0.2, -0.15) is 0 Å². The summed E-state index contributed by atoms with van der Waals surface area (Å²) in [6.07, 6.45) is 5.24. The van der Waals surface area contributed by atoms with Gasteiger partial charge in [-0.05, 0) is 12.8 Å². The molecule has 0 saturated heterocycles. The summed E-state index contributed by atoms with van der Waals surface area (Å²) in [5.74, 6) is 0.464. The fraction of sp³-hybridized carbons (Fsp3) is 0.625. The summed E-state index contributed by atoms with van der Waals surface area (Å²) in [5, 5.41) is 0. The minimum absolute atomic E-state index is 0.134. The third kappa shape index (κ3) is 10.4. The van der Waals surface area contributed by atoms with Gasteiger partial charge in [0.2, 0.25) is 0 Å². The van der Waals surface area contributed by atoms with E-state index in [4.69, 9.17) is 4.12 Å². The molecule has 79 valence electrons. The van der Waals surface area contributed by atoms with Crippen molar-refractivity contribution in [2.24, 2.45) is 0 Å². The van der Waals surface area contributed by atoms with E-state index in [1.807, 2.05) is 5.70 Å². The summed E-state index contributed by atoms with van der Waals surface area (Å²) in [6.45, 7) is 3.55. The van der Waals surface area contributed by atoms with Crippen molar-refractivity contribution in [3.8, 4) is 0 Å². The van der Waals surface area contributed by atoms with Crippen molar-refractivity contribution in [3.63, 3.8) is 0 Å². The fourth-order valence-electron chi connectivity index (χ4n) is 1.07. The van der Waals surface area contributed by atoms with Crippen molar-refractivity contribution in [2.45, 2.75) is 32.1 Å². The molecule has 0 spiro atoms. The Kier molecular flexibility index (Phi) is 11.0. The van der Waals surface area contributed by atoms with E-state index in [0.29, 0.717) is 5.78 Å². The van der Waals surface area contributed by atoms with Crippen LogP contribution in [0.3, 0.4) is 0 Å². The smallest absolute Gasteiger partial charge is 0.132 e. The Morgan fingerprint density at radius 2 is 2.00 bits per heavy atom. The summed E-state index contributed by atoms with van der Waals surface area (Å²) in [7, 11) is -0.394. The molecular weight excluding hydrogens is 379 g/mol. The molecule has 0 aliphatic heterocycles. The van der Waals surface area contributed by atoms with Gasteiger partial charge in [-0.1, -0.05) is 6.42 Å². The van der Waals surface area contributed by atoms with E-state index in [-0.39, 0.29) is 17.5 Å². The van der Waals surface area contributed by atoms with Gasteiger partial charge >= 0.3 is 53.0 Å². The molecule has 0 amide bonds. The molecule has 0 atom stereocenters. The standard InChI is InChI=1S/C6H10O.C2H7OSi2.Pt/c7-6-4-2-1-3-5-6;1-2-5-3-4;/h1-5H2;2H,1,4-5H2;. The van der Waals surface area contributed by atoms with Gasteiger partial charge in [0.05, 0.1) is 0 Å². The average molecular weight is 396 g/mol. The first-order chi connectivity index (χ1) is 6.31. The molecule has 1 aliphatic carbocycles. The number of Topliss-reactive ketones (excluding diaryl/α,β-unsaturated/α-hetero) is 1. The molecule has 0 unspecified atom stereocenters. The van der Waals surface area contributed by atoms with E-state index in [1.165, 1.54) is 6.42 Å². The van der Waals surface area contributed by atoms with Crippen LogP contribution in [0.1, 0.15) is 32.1 Å². The van der Waals surface area contributed by atoms with Crippen LogP contribution < -0.4 is 0 Å². The molecule has 1 rings (SSSR count). The molecular formula is C8H17O2PtSi2. The second-order valence-electron chi connectivity index (χ2n) is 2.85.